The van der Waals surface area contributed by atoms with Crippen LogP contribution in [0.2, 0.25) is 18.1 Å². The molecule has 0 saturated heterocycles. The van der Waals surface area contributed by atoms with Gasteiger partial charge < -0.3 is 13.9 Å². The molecule has 0 aliphatic rings. The first-order valence-corrected chi connectivity index (χ1v) is 17.5. The molecule has 0 amide bonds. The molecule has 0 N–H and O–H groups in total. The Kier molecular flexibility index (Phi) is 13.4. The first-order valence-electron chi connectivity index (χ1n) is 14.6. The van der Waals surface area contributed by atoms with E-state index in [1.165, 1.54) is 18.3 Å². The molecule has 0 radical (unpaired) electrons. The highest BCUT2D eigenvalue weighted by atomic mass is 28.4. The van der Waals surface area contributed by atoms with Crippen molar-refractivity contribution in [2.75, 3.05) is 13.7 Å². The van der Waals surface area contributed by atoms with E-state index in [0.29, 0.717) is 13.0 Å². The molecule has 0 bridgehead atoms. The third kappa shape index (κ3) is 11.5. The Morgan fingerprint density at radius 1 is 0.976 bits per heavy atom. The summed E-state index contributed by atoms with van der Waals surface area (Å²) in [6.07, 6.45) is 7.69. The average molecular weight is 578 g/mol. The van der Waals surface area contributed by atoms with Crippen molar-refractivity contribution in [1.29, 1.82) is 0 Å². The molecule has 224 valence electrons. The van der Waals surface area contributed by atoms with Crippen LogP contribution < -0.4 is 0 Å². The molecule has 0 fully saturated rings. The molecular formula is C35H51NO4Si. The zero-order valence-electron chi connectivity index (χ0n) is 26.9. The number of nitrogens with zero attached hydrogens (tertiary/aromatic N) is 1. The highest BCUT2D eigenvalue weighted by molar-refractivity contribution is 6.74. The van der Waals surface area contributed by atoms with E-state index >= 15 is 0 Å². The van der Waals surface area contributed by atoms with Crippen LogP contribution in [0.4, 0.5) is 0 Å². The van der Waals surface area contributed by atoms with Gasteiger partial charge in [0.2, 0.25) is 0 Å². The third-order valence-corrected chi connectivity index (χ3v) is 12.3. The Bertz CT molecular complexity index is 1210. The fraction of sp³-hybridized carbons (Fsp3) is 0.486. The zero-order chi connectivity index (χ0) is 30.6. The van der Waals surface area contributed by atoms with Gasteiger partial charge >= 0.3 is 5.97 Å². The van der Waals surface area contributed by atoms with E-state index in [2.05, 4.69) is 64.8 Å². The summed E-state index contributed by atoms with van der Waals surface area (Å²) in [6.45, 7) is 20.3. The lowest BCUT2D eigenvalue weighted by Gasteiger charge is -2.36. The van der Waals surface area contributed by atoms with Crippen LogP contribution in [0.5, 0.6) is 0 Å². The van der Waals surface area contributed by atoms with Gasteiger partial charge in [0.15, 0.2) is 14.4 Å². The summed E-state index contributed by atoms with van der Waals surface area (Å²) in [4.78, 5) is 17.9. The molecule has 5 nitrogen and oxygen atoms in total. The number of hydrogen-bond acceptors (Lipinski definition) is 5. The molecule has 6 heteroatoms. The zero-order valence-corrected chi connectivity index (χ0v) is 27.9. The van der Waals surface area contributed by atoms with Crippen molar-refractivity contribution in [3.05, 3.63) is 94.4 Å². The van der Waals surface area contributed by atoms with Crippen LogP contribution in [-0.2, 0) is 18.7 Å². The van der Waals surface area contributed by atoms with Crippen LogP contribution in [0.25, 0.3) is 6.08 Å². The SMILES string of the molecule is CO[C@@H](C(=O)O[C@@H](C/C=C(/C)CC/C=C(\C)CO[Si](C)(C)C(C)(C)C)/C(C)=C/c1cccc(C)n1)c1ccccc1. The summed E-state index contributed by atoms with van der Waals surface area (Å²) in [7, 11) is -0.223. The summed E-state index contributed by atoms with van der Waals surface area (Å²) in [5, 5.41) is 0.207. The normalized spacial score (nSPS) is 15.0. The molecule has 0 aliphatic carbocycles. The minimum Gasteiger partial charge on any atom is -0.455 e. The summed E-state index contributed by atoms with van der Waals surface area (Å²) in [5.74, 6) is -0.403. The number of benzene rings is 1. The van der Waals surface area contributed by atoms with Gasteiger partial charge in [0.1, 0.15) is 6.10 Å². The van der Waals surface area contributed by atoms with Crippen LogP contribution in [0.3, 0.4) is 0 Å². The Morgan fingerprint density at radius 3 is 2.27 bits per heavy atom. The van der Waals surface area contributed by atoms with Crippen LogP contribution in [-0.4, -0.2) is 39.1 Å². The maximum Gasteiger partial charge on any atom is 0.340 e. The number of aryl methyl sites for hydroxylation is 1. The minimum absolute atomic E-state index is 0.207. The number of esters is 1. The number of carbonyl (C=O) groups excluding carboxylic acids is 1. The van der Waals surface area contributed by atoms with Gasteiger partial charge in [-0.05, 0) is 88.0 Å². The molecule has 0 unspecified atom stereocenters. The molecule has 0 saturated carbocycles. The number of carbonyl (C=O) groups is 1. The Hall–Kier alpha value is -2.80. The van der Waals surface area contributed by atoms with Gasteiger partial charge in [0.05, 0.1) is 12.3 Å². The third-order valence-electron chi connectivity index (χ3n) is 7.78. The van der Waals surface area contributed by atoms with Gasteiger partial charge in [-0.1, -0.05) is 80.5 Å². The molecule has 1 aromatic heterocycles. The topological polar surface area (TPSA) is 57.7 Å². The van der Waals surface area contributed by atoms with Crippen molar-refractivity contribution in [3.8, 4) is 0 Å². The first kappa shape index (κ1) is 34.4. The number of methoxy groups -OCH3 is 1. The smallest absolute Gasteiger partial charge is 0.340 e. The molecule has 41 heavy (non-hydrogen) atoms. The number of rotatable bonds is 14. The average Bonchev–Trinajstić information content (AvgIpc) is 2.90. The lowest BCUT2D eigenvalue weighted by Crippen LogP contribution is -2.41. The van der Waals surface area contributed by atoms with Gasteiger partial charge in [-0.2, -0.15) is 0 Å². The predicted octanol–water partition coefficient (Wildman–Crippen LogP) is 9.18. The van der Waals surface area contributed by atoms with Crippen molar-refractivity contribution in [1.82, 2.24) is 4.98 Å². The second kappa shape index (κ2) is 16.0. The van der Waals surface area contributed by atoms with E-state index in [9.17, 15) is 4.79 Å². The summed E-state index contributed by atoms with van der Waals surface area (Å²) in [5.41, 5.74) is 6.02. The van der Waals surface area contributed by atoms with E-state index in [-0.39, 0.29) is 5.04 Å². The second-order valence-corrected chi connectivity index (χ2v) is 17.3. The highest BCUT2D eigenvalue weighted by Gasteiger charge is 2.37. The molecule has 2 aromatic rings. The highest BCUT2D eigenvalue weighted by Crippen LogP contribution is 2.36. The molecule has 0 aliphatic heterocycles. The molecular weight excluding hydrogens is 526 g/mol. The Balaban J connectivity index is 2.12. The molecule has 1 aromatic carbocycles. The largest absolute Gasteiger partial charge is 0.455 e. The van der Waals surface area contributed by atoms with Crippen LogP contribution in [0, 0.1) is 6.92 Å². The summed E-state index contributed by atoms with van der Waals surface area (Å²) < 4.78 is 18.0. The van der Waals surface area contributed by atoms with Crippen LogP contribution in [0.15, 0.2) is 77.4 Å². The monoisotopic (exact) mass is 577 g/mol. The lowest BCUT2D eigenvalue weighted by atomic mass is 10.0. The fourth-order valence-corrected chi connectivity index (χ4v) is 5.04. The maximum absolute atomic E-state index is 13.3. The minimum atomic E-state index is -1.76. The van der Waals surface area contributed by atoms with Gasteiger partial charge in [0, 0.05) is 19.2 Å². The van der Waals surface area contributed by atoms with Crippen LogP contribution in [0.1, 0.15) is 83.9 Å². The Morgan fingerprint density at radius 2 is 1.66 bits per heavy atom. The van der Waals surface area contributed by atoms with Gasteiger partial charge in [0.25, 0.3) is 0 Å². The van der Waals surface area contributed by atoms with Crippen molar-refractivity contribution in [3.63, 3.8) is 0 Å². The number of aromatic nitrogens is 1. The van der Waals surface area contributed by atoms with Crippen molar-refractivity contribution < 1.29 is 18.7 Å². The van der Waals surface area contributed by atoms with Crippen molar-refractivity contribution in [2.45, 2.75) is 98.1 Å². The molecule has 0 spiro atoms. The number of ether oxygens (including phenoxy) is 2. The van der Waals surface area contributed by atoms with E-state index in [0.717, 1.165) is 35.4 Å². The first-order chi connectivity index (χ1) is 19.2. The number of hydrogen-bond donors (Lipinski definition) is 0. The van der Waals surface area contributed by atoms with E-state index in [1.807, 2.05) is 68.5 Å². The van der Waals surface area contributed by atoms with Gasteiger partial charge in [-0.15, -0.1) is 0 Å². The predicted molar refractivity (Wildman–Crippen MR) is 173 cm³/mol. The van der Waals surface area contributed by atoms with Gasteiger partial charge in [-0.25, -0.2) is 4.79 Å². The van der Waals surface area contributed by atoms with E-state index < -0.39 is 26.5 Å². The van der Waals surface area contributed by atoms with E-state index in [1.54, 1.807) is 0 Å². The lowest BCUT2D eigenvalue weighted by molar-refractivity contribution is -0.159. The fourth-order valence-electron chi connectivity index (χ4n) is 4.02. The van der Waals surface area contributed by atoms with Crippen LogP contribution >= 0.6 is 0 Å². The molecule has 1 heterocycles. The molecule has 2 rings (SSSR count). The van der Waals surface area contributed by atoms with E-state index in [4.69, 9.17) is 13.9 Å². The summed E-state index contributed by atoms with van der Waals surface area (Å²) >= 11 is 0. The quantitative estimate of drug-likeness (QED) is 0.127. The molecule has 2 atom stereocenters. The Labute approximate surface area is 249 Å². The number of pyridine rings is 1. The second-order valence-electron chi connectivity index (χ2n) is 12.5. The standard InChI is InChI=1S/C35H51NO4Si/c1-26(16-14-17-27(2)25-39-41(9,10)35(5,6)7)22-23-32(28(3)24-31-21-15-18-29(4)36-31)40-34(37)33(38-8)30-19-12-11-13-20-30/h11-13,15,17-22,24,32-33H,14,16,23,25H2,1-10H3/b26-22-,27-17+,28-24+/t32-,33+/m0/s1. The summed E-state index contributed by atoms with van der Waals surface area (Å²) in [6, 6.07) is 15.4. The van der Waals surface area contributed by atoms with Gasteiger partial charge in [-0.3, -0.25) is 4.98 Å². The van der Waals surface area contributed by atoms with Crippen molar-refractivity contribution >= 4 is 20.4 Å². The number of allylic oxidation sites excluding steroid dienone is 2. The van der Waals surface area contributed by atoms with Crippen molar-refractivity contribution in [2.24, 2.45) is 0 Å². The maximum atomic E-state index is 13.3.